The standard InChI is InChI=1S/C9H10.C3H4O2/c1-3-9-7-5-4-6-8(9)2;1-2-3(4)5/h3-7H,1H2,2H3;2H,1H2,(H,4,5). The average molecular weight is 190 g/mol. The Morgan fingerprint density at radius 3 is 2.14 bits per heavy atom. The zero-order valence-electron chi connectivity index (χ0n) is 8.23. The molecule has 1 N–H and O–H groups in total. The monoisotopic (exact) mass is 190 g/mol. The number of carbonyl (C=O) groups is 1. The summed E-state index contributed by atoms with van der Waals surface area (Å²) in [6.45, 7) is 8.73. The second kappa shape index (κ2) is 6.66. The Bertz CT molecular complexity index is 327. The van der Waals surface area contributed by atoms with E-state index in [1.165, 1.54) is 11.1 Å². The minimum absolute atomic E-state index is 0.833. The summed E-state index contributed by atoms with van der Waals surface area (Å²) in [5, 5.41) is 7.60. The van der Waals surface area contributed by atoms with Crippen LogP contribution in [0.5, 0.6) is 0 Å². The van der Waals surface area contributed by atoms with Crippen LogP contribution in [0.3, 0.4) is 0 Å². The number of carboxylic acids is 1. The topological polar surface area (TPSA) is 37.3 Å². The number of hydrogen-bond acceptors (Lipinski definition) is 1. The average Bonchev–Trinajstić information content (AvgIpc) is 2.19. The lowest BCUT2D eigenvalue weighted by Gasteiger charge is -1.95. The Balaban J connectivity index is 0.000000292. The first kappa shape index (κ1) is 12.2. The van der Waals surface area contributed by atoms with Crippen LogP contribution in [0.15, 0.2) is 43.5 Å². The predicted molar refractivity (Wildman–Crippen MR) is 59.1 cm³/mol. The molecule has 0 saturated carbocycles. The van der Waals surface area contributed by atoms with Crippen LogP contribution in [0.25, 0.3) is 6.08 Å². The van der Waals surface area contributed by atoms with Crippen molar-refractivity contribution >= 4 is 12.0 Å². The van der Waals surface area contributed by atoms with E-state index in [1.54, 1.807) is 0 Å². The summed E-state index contributed by atoms with van der Waals surface area (Å²) in [7, 11) is 0. The van der Waals surface area contributed by atoms with Crippen molar-refractivity contribution in [1.82, 2.24) is 0 Å². The first-order valence-electron chi connectivity index (χ1n) is 4.15. The highest BCUT2D eigenvalue weighted by molar-refractivity contribution is 5.78. The molecular formula is C12H14O2. The highest BCUT2D eigenvalue weighted by Crippen LogP contribution is 2.06. The summed E-state index contributed by atoms with van der Waals surface area (Å²) >= 11 is 0. The molecule has 0 bridgehead atoms. The quantitative estimate of drug-likeness (QED) is 0.728. The molecule has 0 aliphatic rings. The molecule has 0 heterocycles. The van der Waals surface area contributed by atoms with Gasteiger partial charge in [0.2, 0.25) is 0 Å². The number of hydrogen-bond donors (Lipinski definition) is 1. The van der Waals surface area contributed by atoms with Crippen LogP contribution >= 0.6 is 0 Å². The van der Waals surface area contributed by atoms with Gasteiger partial charge in [-0.05, 0) is 18.1 Å². The van der Waals surface area contributed by atoms with Gasteiger partial charge in [0.05, 0.1) is 0 Å². The first-order valence-corrected chi connectivity index (χ1v) is 4.15. The van der Waals surface area contributed by atoms with Gasteiger partial charge in [0.1, 0.15) is 0 Å². The van der Waals surface area contributed by atoms with E-state index in [9.17, 15) is 4.79 Å². The van der Waals surface area contributed by atoms with Crippen LogP contribution in [0.4, 0.5) is 0 Å². The lowest BCUT2D eigenvalue weighted by molar-refractivity contribution is -0.131. The van der Waals surface area contributed by atoms with Crippen LogP contribution < -0.4 is 0 Å². The third-order valence-electron chi connectivity index (χ3n) is 1.58. The van der Waals surface area contributed by atoms with Crippen LogP contribution in [0.2, 0.25) is 0 Å². The fraction of sp³-hybridized carbons (Fsp3) is 0.0833. The number of rotatable bonds is 2. The largest absolute Gasteiger partial charge is 0.478 e. The first-order chi connectivity index (χ1) is 6.61. The number of benzene rings is 1. The Morgan fingerprint density at radius 1 is 1.36 bits per heavy atom. The highest BCUT2D eigenvalue weighted by Gasteiger charge is 1.86. The minimum atomic E-state index is -0.981. The number of carboxylic acid groups (broad SMARTS) is 1. The van der Waals surface area contributed by atoms with Crippen LogP contribution in [-0.4, -0.2) is 11.1 Å². The van der Waals surface area contributed by atoms with Crippen molar-refractivity contribution in [3.63, 3.8) is 0 Å². The van der Waals surface area contributed by atoms with Gasteiger partial charge in [0.15, 0.2) is 0 Å². The van der Waals surface area contributed by atoms with E-state index in [2.05, 4.69) is 32.2 Å². The van der Waals surface area contributed by atoms with Gasteiger partial charge in [0.25, 0.3) is 0 Å². The van der Waals surface area contributed by atoms with Crippen LogP contribution in [0.1, 0.15) is 11.1 Å². The molecule has 0 atom stereocenters. The molecule has 0 saturated heterocycles. The van der Waals surface area contributed by atoms with Gasteiger partial charge in [0, 0.05) is 6.08 Å². The Labute approximate surface area is 84.2 Å². The van der Waals surface area contributed by atoms with Crippen molar-refractivity contribution in [3.8, 4) is 0 Å². The summed E-state index contributed by atoms with van der Waals surface area (Å²) in [5.41, 5.74) is 2.50. The maximum Gasteiger partial charge on any atom is 0.327 e. The SMILES string of the molecule is C=CC(=O)O.C=Cc1ccccc1C. The molecule has 0 aliphatic heterocycles. The maximum atomic E-state index is 9.25. The predicted octanol–water partition coefficient (Wildman–Crippen LogP) is 2.90. The van der Waals surface area contributed by atoms with Gasteiger partial charge in [-0.3, -0.25) is 0 Å². The zero-order chi connectivity index (χ0) is 11.0. The molecule has 0 aromatic heterocycles. The third-order valence-corrected chi connectivity index (χ3v) is 1.58. The molecular weight excluding hydrogens is 176 g/mol. The smallest absolute Gasteiger partial charge is 0.327 e. The van der Waals surface area contributed by atoms with Crippen molar-refractivity contribution in [1.29, 1.82) is 0 Å². The van der Waals surface area contributed by atoms with Gasteiger partial charge in [-0.2, -0.15) is 0 Å². The molecule has 2 heteroatoms. The van der Waals surface area contributed by atoms with E-state index in [-0.39, 0.29) is 0 Å². The van der Waals surface area contributed by atoms with Crippen LogP contribution in [-0.2, 0) is 4.79 Å². The maximum absolute atomic E-state index is 9.25. The Hall–Kier alpha value is -1.83. The van der Waals surface area contributed by atoms with E-state index >= 15 is 0 Å². The van der Waals surface area contributed by atoms with Crippen molar-refractivity contribution in [2.75, 3.05) is 0 Å². The van der Waals surface area contributed by atoms with Gasteiger partial charge in [-0.15, -0.1) is 0 Å². The Morgan fingerprint density at radius 2 is 1.86 bits per heavy atom. The molecule has 1 aromatic carbocycles. The fourth-order valence-corrected chi connectivity index (χ4v) is 0.816. The van der Waals surface area contributed by atoms with Gasteiger partial charge >= 0.3 is 5.97 Å². The molecule has 74 valence electrons. The van der Waals surface area contributed by atoms with Gasteiger partial charge < -0.3 is 5.11 Å². The van der Waals surface area contributed by atoms with Crippen molar-refractivity contribution in [2.24, 2.45) is 0 Å². The number of aliphatic carboxylic acids is 1. The normalized spacial score (nSPS) is 8.07. The van der Waals surface area contributed by atoms with Gasteiger partial charge in [-0.25, -0.2) is 4.79 Å². The van der Waals surface area contributed by atoms with E-state index in [0.717, 1.165) is 6.08 Å². The summed E-state index contributed by atoms with van der Waals surface area (Å²) in [4.78, 5) is 9.25. The molecule has 0 spiro atoms. The van der Waals surface area contributed by atoms with E-state index < -0.39 is 5.97 Å². The minimum Gasteiger partial charge on any atom is -0.478 e. The fourth-order valence-electron chi connectivity index (χ4n) is 0.816. The molecule has 0 unspecified atom stereocenters. The lowest BCUT2D eigenvalue weighted by atomic mass is 10.1. The second-order valence-electron chi connectivity index (χ2n) is 2.60. The summed E-state index contributed by atoms with van der Waals surface area (Å²) < 4.78 is 0. The zero-order valence-corrected chi connectivity index (χ0v) is 8.23. The molecule has 0 aliphatic carbocycles. The molecule has 1 rings (SSSR count). The van der Waals surface area contributed by atoms with Crippen molar-refractivity contribution < 1.29 is 9.90 Å². The Kier molecular flexibility index (Phi) is 5.79. The molecule has 14 heavy (non-hydrogen) atoms. The van der Waals surface area contributed by atoms with Gasteiger partial charge in [-0.1, -0.05) is 43.5 Å². The summed E-state index contributed by atoms with van der Waals surface area (Å²) in [6, 6.07) is 8.19. The second-order valence-corrected chi connectivity index (χ2v) is 2.60. The lowest BCUT2D eigenvalue weighted by Crippen LogP contribution is -1.82. The van der Waals surface area contributed by atoms with E-state index in [1.807, 2.05) is 18.2 Å². The molecule has 0 amide bonds. The summed E-state index contributed by atoms with van der Waals surface area (Å²) in [6.07, 6.45) is 2.70. The van der Waals surface area contributed by atoms with Crippen molar-refractivity contribution in [2.45, 2.75) is 6.92 Å². The summed E-state index contributed by atoms with van der Waals surface area (Å²) in [5.74, 6) is -0.981. The molecule has 0 radical (unpaired) electrons. The highest BCUT2D eigenvalue weighted by atomic mass is 16.4. The van der Waals surface area contributed by atoms with E-state index in [0.29, 0.717) is 0 Å². The third kappa shape index (κ3) is 4.93. The van der Waals surface area contributed by atoms with E-state index in [4.69, 9.17) is 5.11 Å². The van der Waals surface area contributed by atoms with Crippen LogP contribution in [0, 0.1) is 6.92 Å². The molecule has 2 nitrogen and oxygen atoms in total. The van der Waals surface area contributed by atoms with Crippen molar-refractivity contribution in [3.05, 3.63) is 54.6 Å². The molecule has 0 fully saturated rings. The molecule has 1 aromatic rings. The number of aryl methyl sites for hydroxylation is 1.